The second kappa shape index (κ2) is 8.00. The number of nitrogens with one attached hydrogen (secondary N) is 2. The summed E-state index contributed by atoms with van der Waals surface area (Å²) in [5.41, 5.74) is 0. The van der Waals surface area contributed by atoms with E-state index in [2.05, 4.69) is 10.6 Å². The van der Waals surface area contributed by atoms with Crippen molar-refractivity contribution in [2.75, 3.05) is 18.8 Å². The fourth-order valence-electron chi connectivity index (χ4n) is 1.17. The number of benzene rings is 1. The molecule has 2 N–H and O–H groups in total. The molecule has 98 valence electrons. The second-order valence-corrected chi connectivity index (χ2v) is 5.06. The van der Waals surface area contributed by atoms with Crippen LogP contribution < -0.4 is 10.6 Å². The van der Waals surface area contributed by atoms with Crippen LogP contribution >= 0.6 is 23.4 Å². The van der Waals surface area contributed by atoms with Crippen LogP contribution in [0.15, 0.2) is 29.2 Å². The molecule has 0 saturated heterocycles. The van der Waals surface area contributed by atoms with E-state index < -0.39 is 0 Å². The molecule has 0 aliphatic rings. The van der Waals surface area contributed by atoms with Crippen LogP contribution in [0, 0.1) is 0 Å². The molecule has 0 spiro atoms. The summed E-state index contributed by atoms with van der Waals surface area (Å²) in [4.78, 5) is 23.0. The molecular weight excluding hydrogens is 272 g/mol. The van der Waals surface area contributed by atoms with Crippen LogP contribution in [0.4, 0.5) is 0 Å². The van der Waals surface area contributed by atoms with Gasteiger partial charge in [-0.05, 0) is 24.3 Å². The number of halogens is 1. The van der Waals surface area contributed by atoms with Gasteiger partial charge in [0, 0.05) is 29.9 Å². The average Bonchev–Trinajstić information content (AvgIpc) is 2.34. The quantitative estimate of drug-likeness (QED) is 0.618. The van der Waals surface area contributed by atoms with E-state index in [1.54, 1.807) is 12.1 Å². The van der Waals surface area contributed by atoms with Gasteiger partial charge in [0.15, 0.2) is 0 Å². The summed E-state index contributed by atoms with van der Waals surface area (Å²) in [5.74, 6) is 0.196. The molecule has 4 nitrogen and oxygen atoms in total. The predicted molar refractivity (Wildman–Crippen MR) is 73.9 cm³/mol. The third-order valence-corrected chi connectivity index (χ3v) is 3.27. The maximum absolute atomic E-state index is 11.5. The second-order valence-electron chi connectivity index (χ2n) is 3.58. The first-order valence-electron chi connectivity index (χ1n) is 5.47. The zero-order valence-electron chi connectivity index (χ0n) is 10.0. The lowest BCUT2D eigenvalue weighted by Crippen LogP contribution is -2.34. The van der Waals surface area contributed by atoms with Crippen molar-refractivity contribution in [3.05, 3.63) is 29.3 Å². The van der Waals surface area contributed by atoms with Gasteiger partial charge in [0.05, 0.1) is 5.75 Å². The summed E-state index contributed by atoms with van der Waals surface area (Å²) in [6.45, 7) is 2.34. The van der Waals surface area contributed by atoms with Gasteiger partial charge in [-0.25, -0.2) is 0 Å². The largest absolute Gasteiger partial charge is 0.355 e. The van der Waals surface area contributed by atoms with E-state index in [0.717, 1.165) is 4.90 Å². The maximum Gasteiger partial charge on any atom is 0.230 e. The van der Waals surface area contributed by atoms with Crippen molar-refractivity contribution >= 4 is 35.2 Å². The van der Waals surface area contributed by atoms with Crippen molar-refractivity contribution in [2.24, 2.45) is 0 Å². The van der Waals surface area contributed by atoms with Crippen LogP contribution in [-0.2, 0) is 9.59 Å². The Morgan fingerprint density at radius 1 is 1.17 bits per heavy atom. The molecular formula is C12H15ClN2O2S. The Labute approximate surface area is 115 Å². The summed E-state index contributed by atoms with van der Waals surface area (Å²) in [5, 5.41) is 6.00. The van der Waals surface area contributed by atoms with Crippen molar-refractivity contribution in [2.45, 2.75) is 11.8 Å². The molecule has 0 aliphatic heterocycles. The summed E-state index contributed by atoms with van der Waals surface area (Å²) < 4.78 is 0. The van der Waals surface area contributed by atoms with E-state index in [-0.39, 0.29) is 11.8 Å². The third-order valence-electron chi connectivity index (χ3n) is 2.00. The van der Waals surface area contributed by atoms with Gasteiger partial charge in [0.1, 0.15) is 0 Å². The van der Waals surface area contributed by atoms with Crippen molar-refractivity contribution < 1.29 is 9.59 Å². The van der Waals surface area contributed by atoms with Gasteiger partial charge in [-0.3, -0.25) is 9.59 Å². The molecule has 1 aromatic rings. The lowest BCUT2D eigenvalue weighted by atomic mass is 10.4. The number of thioether (sulfide) groups is 1. The van der Waals surface area contributed by atoms with E-state index in [1.807, 2.05) is 12.1 Å². The van der Waals surface area contributed by atoms with Crippen LogP contribution in [0.3, 0.4) is 0 Å². The molecule has 0 radical (unpaired) electrons. The molecule has 0 atom stereocenters. The maximum atomic E-state index is 11.5. The van der Waals surface area contributed by atoms with Gasteiger partial charge >= 0.3 is 0 Å². The number of amides is 2. The summed E-state index contributed by atoms with van der Waals surface area (Å²) in [6, 6.07) is 7.33. The van der Waals surface area contributed by atoms with E-state index >= 15 is 0 Å². The Morgan fingerprint density at radius 2 is 1.78 bits per heavy atom. The summed E-state index contributed by atoms with van der Waals surface area (Å²) in [6.07, 6.45) is 0. The number of carbonyl (C=O) groups is 2. The smallest absolute Gasteiger partial charge is 0.230 e. The first-order chi connectivity index (χ1) is 8.58. The molecule has 0 aromatic heterocycles. The highest BCUT2D eigenvalue weighted by atomic mass is 35.5. The van der Waals surface area contributed by atoms with Gasteiger partial charge < -0.3 is 10.6 Å². The van der Waals surface area contributed by atoms with Crippen molar-refractivity contribution in [1.29, 1.82) is 0 Å². The summed E-state index contributed by atoms with van der Waals surface area (Å²) in [7, 11) is 0. The molecule has 0 saturated carbocycles. The first-order valence-corrected chi connectivity index (χ1v) is 6.84. The molecule has 2 amide bonds. The van der Waals surface area contributed by atoms with E-state index in [0.29, 0.717) is 23.9 Å². The van der Waals surface area contributed by atoms with Crippen molar-refractivity contribution in [3.63, 3.8) is 0 Å². The Balaban J connectivity index is 2.17. The van der Waals surface area contributed by atoms with Crippen LogP contribution in [0.2, 0.25) is 5.02 Å². The Bertz CT molecular complexity index is 409. The van der Waals surface area contributed by atoms with Crippen LogP contribution in [0.5, 0.6) is 0 Å². The van der Waals surface area contributed by atoms with Crippen LogP contribution in [-0.4, -0.2) is 30.7 Å². The SMILES string of the molecule is CC(=O)NCCNC(=O)CSc1ccc(Cl)cc1. The number of carbonyl (C=O) groups excluding carboxylic acids is 2. The highest BCUT2D eigenvalue weighted by Crippen LogP contribution is 2.19. The number of rotatable bonds is 6. The molecule has 0 unspecified atom stereocenters. The van der Waals surface area contributed by atoms with E-state index in [1.165, 1.54) is 18.7 Å². The van der Waals surface area contributed by atoms with Gasteiger partial charge in [0.25, 0.3) is 0 Å². The Morgan fingerprint density at radius 3 is 2.39 bits per heavy atom. The molecule has 0 aliphatic carbocycles. The fraction of sp³-hybridized carbons (Fsp3) is 0.333. The topological polar surface area (TPSA) is 58.2 Å². The Hall–Kier alpha value is -1.20. The highest BCUT2D eigenvalue weighted by molar-refractivity contribution is 8.00. The number of hydrogen-bond donors (Lipinski definition) is 2. The van der Waals surface area contributed by atoms with Gasteiger partial charge in [0.2, 0.25) is 11.8 Å². The highest BCUT2D eigenvalue weighted by Gasteiger charge is 2.02. The fourth-order valence-corrected chi connectivity index (χ4v) is 2.03. The van der Waals surface area contributed by atoms with Crippen molar-refractivity contribution in [1.82, 2.24) is 10.6 Å². The monoisotopic (exact) mass is 286 g/mol. The molecule has 18 heavy (non-hydrogen) atoms. The van der Waals surface area contributed by atoms with Gasteiger partial charge in [-0.2, -0.15) is 0 Å². The predicted octanol–water partition coefficient (Wildman–Crippen LogP) is 1.68. The van der Waals surface area contributed by atoms with E-state index in [9.17, 15) is 9.59 Å². The normalized spacial score (nSPS) is 9.89. The minimum absolute atomic E-state index is 0.0553. The molecule has 1 aromatic carbocycles. The molecule has 1 rings (SSSR count). The zero-order chi connectivity index (χ0) is 13.4. The molecule has 0 bridgehead atoms. The third kappa shape index (κ3) is 6.51. The minimum Gasteiger partial charge on any atom is -0.355 e. The van der Waals surface area contributed by atoms with Crippen LogP contribution in [0.1, 0.15) is 6.92 Å². The van der Waals surface area contributed by atoms with Gasteiger partial charge in [-0.15, -0.1) is 11.8 Å². The zero-order valence-corrected chi connectivity index (χ0v) is 11.6. The molecule has 0 heterocycles. The molecule has 0 fully saturated rings. The first kappa shape index (κ1) is 14.9. The van der Waals surface area contributed by atoms with E-state index in [4.69, 9.17) is 11.6 Å². The Kier molecular flexibility index (Phi) is 6.60. The minimum atomic E-state index is -0.0974. The number of hydrogen-bond acceptors (Lipinski definition) is 3. The van der Waals surface area contributed by atoms with Crippen molar-refractivity contribution in [3.8, 4) is 0 Å². The van der Waals surface area contributed by atoms with Crippen LogP contribution in [0.25, 0.3) is 0 Å². The lowest BCUT2D eigenvalue weighted by Gasteiger charge is -2.05. The average molecular weight is 287 g/mol. The molecule has 6 heteroatoms. The standard InChI is InChI=1S/C12H15ClN2O2S/c1-9(16)14-6-7-15-12(17)8-18-11-4-2-10(13)3-5-11/h2-5H,6-8H2,1H3,(H,14,16)(H,15,17). The lowest BCUT2D eigenvalue weighted by molar-refractivity contribution is -0.120. The summed E-state index contributed by atoms with van der Waals surface area (Å²) >= 11 is 7.20. The van der Waals surface area contributed by atoms with Gasteiger partial charge in [-0.1, -0.05) is 11.6 Å².